The van der Waals surface area contributed by atoms with Crippen LogP contribution < -0.4 is 0 Å². The number of hydrogen-bond donors (Lipinski definition) is 0. The first-order valence-corrected chi connectivity index (χ1v) is 11.9. The highest BCUT2D eigenvalue weighted by atomic mass is 35.5. The van der Waals surface area contributed by atoms with Crippen LogP contribution in [0.15, 0.2) is 83.8 Å². The van der Waals surface area contributed by atoms with Gasteiger partial charge in [0.2, 0.25) is 10.0 Å². The molecule has 0 amide bonds. The Labute approximate surface area is 187 Å². The Morgan fingerprint density at radius 3 is 1.97 bits per heavy atom. The SMILES string of the molecule is O=S(=O)(c1cccc(Cl)c1)N1CCN([C@@H](c2ccccc2)c2ccc(Cl)cc2)CC1. The third-order valence-corrected chi connectivity index (χ3v) is 7.76. The third-order valence-electron chi connectivity index (χ3n) is 5.37. The second-order valence-corrected chi connectivity index (χ2v) is 10.1. The van der Waals surface area contributed by atoms with Crippen molar-refractivity contribution in [3.8, 4) is 0 Å². The van der Waals surface area contributed by atoms with Crippen molar-refractivity contribution in [1.29, 1.82) is 0 Å². The largest absolute Gasteiger partial charge is 0.290 e. The van der Waals surface area contributed by atoms with Crippen LogP contribution in [0.4, 0.5) is 0 Å². The standard InChI is InChI=1S/C23H22Cl2N2O2S/c24-20-11-9-19(10-12-20)23(18-5-2-1-3-6-18)26-13-15-27(16-14-26)30(28,29)22-8-4-7-21(25)17-22/h1-12,17,23H,13-16H2/t23-/m0/s1. The highest BCUT2D eigenvalue weighted by Gasteiger charge is 2.32. The molecule has 156 valence electrons. The highest BCUT2D eigenvalue weighted by molar-refractivity contribution is 7.89. The van der Waals surface area contributed by atoms with Crippen molar-refractivity contribution in [1.82, 2.24) is 9.21 Å². The van der Waals surface area contributed by atoms with E-state index in [0.29, 0.717) is 36.2 Å². The summed E-state index contributed by atoms with van der Waals surface area (Å²) in [6.45, 7) is 2.10. The van der Waals surface area contributed by atoms with E-state index < -0.39 is 10.0 Å². The van der Waals surface area contributed by atoms with Crippen molar-refractivity contribution in [3.63, 3.8) is 0 Å². The fraction of sp³-hybridized carbons (Fsp3) is 0.217. The summed E-state index contributed by atoms with van der Waals surface area (Å²) in [5.74, 6) is 0. The molecule has 1 atom stereocenters. The van der Waals surface area contributed by atoms with E-state index in [4.69, 9.17) is 23.2 Å². The van der Waals surface area contributed by atoms with Gasteiger partial charge in [-0.2, -0.15) is 4.31 Å². The molecule has 30 heavy (non-hydrogen) atoms. The summed E-state index contributed by atoms with van der Waals surface area (Å²) in [5, 5.41) is 1.12. The molecular weight excluding hydrogens is 439 g/mol. The Morgan fingerprint density at radius 2 is 1.33 bits per heavy atom. The van der Waals surface area contributed by atoms with Crippen molar-refractivity contribution < 1.29 is 8.42 Å². The van der Waals surface area contributed by atoms with Gasteiger partial charge < -0.3 is 0 Å². The lowest BCUT2D eigenvalue weighted by atomic mass is 9.96. The van der Waals surface area contributed by atoms with Crippen LogP contribution in [0.3, 0.4) is 0 Å². The van der Waals surface area contributed by atoms with E-state index in [0.717, 1.165) is 5.56 Å². The van der Waals surface area contributed by atoms with Gasteiger partial charge in [0.15, 0.2) is 0 Å². The Morgan fingerprint density at radius 1 is 0.700 bits per heavy atom. The lowest BCUT2D eigenvalue weighted by molar-refractivity contribution is 0.156. The van der Waals surface area contributed by atoms with Crippen LogP contribution in [0.1, 0.15) is 17.2 Å². The van der Waals surface area contributed by atoms with Gasteiger partial charge in [0.25, 0.3) is 0 Å². The quantitative estimate of drug-likeness (QED) is 0.532. The van der Waals surface area contributed by atoms with Crippen molar-refractivity contribution >= 4 is 33.2 Å². The molecular formula is C23H22Cl2N2O2S. The normalized spacial score (nSPS) is 17.0. The van der Waals surface area contributed by atoms with E-state index in [9.17, 15) is 8.42 Å². The van der Waals surface area contributed by atoms with E-state index in [-0.39, 0.29) is 10.9 Å². The summed E-state index contributed by atoms with van der Waals surface area (Å²) in [5.41, 5.74) is 2.31. The van der Waals surface area contributed by atoms with Crippen LogP contribution in [0.5, 0.6) is 0 Å². The number of halogens is 2. The maximum Gasteiger partial charge on any atom is 0.243 e. The number of sulfonamides is 1. The highest BCUT2D eigenvalue weighted by Crippen LogP contribution is 2.31. The van der Waals surface area contributed by atoms with Crippen LogP contribution in [-0.2, 0) is 10.0 Å². The minimum absolute atomic E-state index is 0.0412. The molecule has 0 bridgehead atoms. The van der Waals surface area contributed by atoms with E-state index in [2.05, 4.69) is 17.0 Å². The average Bonchev–Trinajstić information content (AvgIpc) is 2.76. The van der Waals surface area contributed by atoms with Gasteiger partial charge >= 0.3 is 0 Å². The third kappa shape index (κ3) is 4.56. The number of benzene rings is 3. The van der Waals surface area contributed by atoms with Gasteiger partial charge in [-0.05, 0) is 41.5 Å². The molecule has 0 aliphatic carbocycles. The molecule has 7 heteroatoms. The van der Waals surface area contributed by atoms with E-state index in [1.54, 1.807) is 22.5 Å². The second-order valence-electron chi connectivity index (χ2n) is 7.26. The Kier molecular flexibility index (Phi) is 6.46. The summed E-state index contributed by atoms with van der Waals surface area (Å²) in [7, 11) is -3.56. The molecule has 0 N–H and O–H groups in total. The molecule has 0 aromatic heterocycles. The minimum atomic E-state index is -3.56. The molecule has 1 fully saturated rings. The fourth-order valence-electron chi connectivity index (χ4n) is 3.87. The van der Waals surface area contributed by atoms with E-state index in [1.165, 1.54) is 11.6 Å². The molecule has 3 aromatic carbocycles. The molecule has 0 spiro atoms. The van der Waals surface area contributed by atoms with Crippen molar-refractivity contribution in [2.24, 2.45) is 0 Å². The molecule has 1 heterocycles. The number of hydrogen-bond acceptors (Lipinski definition) is 3. The first-order chi connectivity index (χ1) is 14.4. The Hall–Kier alpha value is -1.89. The van der Waals surface area contributed by atoms with Gasteiger partial charge in [-0.15, -0.1) is 0 Å². The molecule has 1 aliphatic rings. The maximum atomic E-state index is 13.0. The van der Waals surface area contributed by atoms with Crippen LogP contribution in [0, 0.1) is 0 Å². The Bertz CT molecular complexity index is 1100. The predicted molar refractivity (Wildman–Crippen MR) is 122 cm³/mol. The van der Waals surface area contributed by atoms with Crippen molar-refractivity contribution in [3.05, 3.63) is 100 Å². The number of nitrogens with zero attached hydrogens (tertiary/aromatic N) is 2. The summed E-state index contributed by atoms with van der Waals surface area (Å²) in [6.07, 6.45) is 0. The predicted octanol–water partition coefficient (Wildman–Crippen LogP) is 5.09. The zero-order valence-corrected chi connectivity index (χ0v) is 18.6. The first kappa shape index (κ1) is 21.3. The Balaban J connectivity index is 1.56. The molecule has 0 saturated carbocycles. The van der Waals surface area contributed by atoms with Crippen molar-refractivity contribution in [2.45, 2.75) is 10.9 Å². The minimum Gasteiger partial charge on any atom is -0.290 e. The van der Waals surface area contributed by atoms with Crippen molar-refractivity contribution in [2.75, 3.05) is 26.2 Å². The van der Waals surface area contributed by atoms with E-state index >= 15 is 0 Å². The summed E-state index contributed by atoms with van der Waals surface area (Å²) >= 11 is 12.1. The molecule has 3 aromatic rings. The van der Waals surface area contributed by atoms with Gasteiger partial charge in [0.1, 0.15) is 0 Å². The molecule has 0 unspecified atom stereocenters. The van der Waals surface area contributed by atoms with Crippen LogP contribution in [0.2, 0.25) is 10.0 Å². The van der Waals surface area contributed by atoms with Crippen LogP contribution >= 0.6 is 23.2 Å². The van der Waals surface area contributed by atoms with Gasteiger partial charge in [0, 0.05) is 36.2 Å². The topological polar surface area (TPSA) is 40.6 Å². The molecule has 4 nitrogen and oxygen atoms in total. The zero-order valence-electron chi connectivity index (χ0n) is 16.3. The number of piperazine rings is 1. The summed E-state index contributed by atoms with van der Waals surface area (Å²) < 4.78 is 27.6. The van der Waals surface area contributed by atoms with Crippen LogP contribution in [-0.4, -0.2) is 43.8 Å². The van der Waals surface area contributed by atoms with E-state index in [1.807, 2.05) is 42.5 Å². The van der Waals surface area contributed by atoms with Crippen LogP contribution in [0.25, 0.3) is 0 Å². The molecule has 4 rings (SSSR count). The lowest BCUT2D eigenvalue weighted by Crippen LogP contribution is -2.49. The molecule has 1 saturated heterocycles. The molecule has 0 radical (unpaired) electrons. The lowest BCUT2D eigenvalue weighted by Gasteiger charge is -2.39. The number of rotatable bonds is 5. The second kappa shape index (κ2) is 9.08. The average molecular weight is 461 g/mol. The van der Waals surface area contributed by atoms with Gasteiger partial charge in [-0.1, -0.05) is 71.7 Å². The van der Waals surface area contributed by atoms with Gasteiger partial charge in [-0.25, -0.2) is 8.42 Å². The van der Waals surface area contributed by atoms with Gasteiger partial charge in [0.05, 0.1) is 10.9 Å². The maximum absolute atomic E-state index is 13.0. The van der Waals surface area contributed by atoms with Gasteiger partial charge in [-0.3, -0.25) is 4.90 Å². The summed E-state index contributed by atoms with van der Waals surface area (Å²) in [6, 6.07) is 24.6. The zero-order chi connectivity index (χ0) is 21.1. The monoisotopic (exact) mass is 460 g/mol. The molecule has 1 aliphatic heterocycles. The fourth-order valence-corrected chi connectivity index (χ4v) is 5.72. The summed E-state index contributed by atoms with van der Waals surface area (Å²) in [4.78, 5) is 2.56. The first-order valence-electron chi connectivity index (χ1n) is 9.75. The smallest absolute Gasteiger partial charge is 0.243 e.